The maximum absolute atomic E-state index is 12.4. The number of aliphatic hydroxyl groups is 1. The number of carbonyl (C=O) groups is 1. The fourth-order valence-electron chi connectivity index (χ4n) is 3.68. The molecule has 0 unspecified atom stereocenters. The number of ether oxygens (including phenoxy) is 1. The third kappa shape index (κ3) is 2.28. The lowest BCUT2D eigenvalue weighted by molar-refractivity contribution is -0.207. The highest BCUT2D eigenvalue weighted by molar-refractivity contribution is 5.92. The smallest absolute Gasteiger partial charge is 0.289 e. The van der Waals surface area contributed by atoms with Gasteiger partial charge in [0, 0.05) is 37.1 Å². The second-order valence-corrected chi connectivity index (χ2v) is 6.15. The molecule has 2 heterocycles. The Kier molecular flexibility index (Phi) is 3.80. The van der Waals surface area contributed by atoms with Crippen LogP contribution in [0.15, 0.2) is 16.7 Å². The average Bonchev–Trinajstić information content (AvgIpc) is 2.92. The summed E-state index contributed by atoms with van der Waals surface area (Å²) in [6.45, 7) is 5.84. The van der Waals surface area contributed by atoms with Crippen LogP contribution in [0, 0.1) is 12.3 Å². The summed E-state index contributed by atoms with van der Waals surface area (Å²) in [7, 11) is 0. The summed E-state index contributed by atoms with van der Waals surface area (Å²) in [6.07, 6.45) is 3.71. The van der Waals surface area contributed by atoms with Gasteiger partial charge in [-0.1, -0.05) is 0 Å². The maximum atomic E-state index is 12.4. The van der Waals surface area contributed by atoms with Crippen molar-refractivity contribution >= 4 is 5.91 Å². The molecule has 1 aromatic rings. The number of furan rings is 1. The Hall–Kier alpha value is -1.33. The molecule has 1 saturated carbocycles. The van der Waals surface area contributed by atoms with Crippen molar-refractivity contribution in [2.75, 3.05) is 19.7 Å². The average molecular weight is 293 g/mol. The topological polar surface area (TPSA) is 62.9 Å². The molecule has 116 valence electrons. The fraction of sp³-hybridized carbons (Fsp3) is 0.688. The van der Waals surface area contributed by atoms with Crippen LogP contribution in [0.4, 0.5) is 0 Å². The van der Waals surface area contributed by atoms with E-state index in [9.17, 15) is 9.90 Å². The highest BCUT2D eigenvalue weighted by Crippen LogP contribution is 2.51. The largest absolute Gasteiger partial charge is 0.459 e. The van der Waals surface area contributed by atoms with Gasteiger partial charge in [-0.05, 0) is 32.8 Å². The number of piperidine rings is 1. The van der Waals surface area contributed by atoms with Crippen molar-refractivity contribution in [3.8, 4) is 0 Å². The first-order chi connectivity index (χ1) is 10.1. The molecule has 2 fully saturated rings. The third-order valence-corrected chi connectivity index (χ3v) is 5.15. The number of amides is 1. The predicted octanol–water partition coefficient (Wildman–Crippen LogP) is 1.98. The van der Waals surface area contributed by atoms with Gasteiger partial charge in [0.25, 0.3) is 5.91 Å². The van der Waals surface area contributed by atoms with Crippen molar-refractivity contribution < 1.29 is 19.1 Å². The molecule has 1 amide bonds. The molecule has 5 nitrogen and oxygen atoms in total. The predicted molar refractivity (Wildman–Crippen MR) is 77.1 cm³/mol. The van der Waals surface area contributed by atoms with Crippen LogP contribution in [0.3, 0.4) is 0 Å². The number of nitrogens with zero attached hydrogens (tertiary/aromatic N) is 1. The molecule has 1 saturated heterocycles. The van der Waals surface area contributed by atoms with Crippen LogP contribution in [0.5, 0.6) is 0 Å². The van der Waals surface area contributed by atoms with Crippen LogP contribution in [-0.4, -0.2) is 47.8 Å². The quantitative estimate of drug-likeness (QED) is 0.925. The van der Waals surface area contributed by atoms with Crippen molar-refractivity contribution in [3.05, 3.63) is 23.7 Å². The first-order valence-electron chi connectivity index (χ1n) is 7.71. The molecule has 1 aliphatic carbocycles. The summed E-state index contributed by atoms with van der Waals surface area (Å²) in [6, 6.07) is 1.81. The summed E-state index contributed by atoms with van der Waals surface area (Å²) in [4.78, 5) is 14.3. The molecule has 2 aliphatic rings. The lowest BCUT2D eigenvalue weighted by atomic mass is 9.58. The number of aryl methyl sites for hydroxylation is 1. The summed E-state index contributed by atoms with van der Waals surface area (Å²) < 4.78 is 11.0. The Bertz CT molecular complexity index is 514. The van der Waals surface area contributed by atoms with Gasteiger partial charge in [0.1, 0.15) is 0 Å². The van der Waals surface area contributed by atoms with Gasteiger partial charge in [0.2, 0.25) is 0 Å². The number of aliphatic hydroxyl groups excluding tert-OH is 1. The van der Waals surface area contributed by atoms with Gasteiger partial charge < -0.3 is 19.2 Å². The number of hydrogen-bond acceptors (Lipinski definition) is 4. The minimum Gasteiger partial charge on any atom is -0.459 e. The zero-order valence-corrected chi connectivity index (χ0v) is 12.7. The molecule has 0 radical (unpaired) electrons. The Morgan fingerprint density at radius 2 is 2.24 bits per heavy atom. The molecule has 1 aromatic heterocycles. The molecule has 0 bridgehead atoms. The van der Waals surface area contributed by atoms with E-state index in [4.69, 9.17) is 9.15 Å². The zero-order valence-electron chi connectivity index (χ0n) is 12.7. The van der Waals surface area contributed by atoms with Gasteiger partial charge in [-0.15, -0.1) is 0 Å². The van der Waals surface area contributed by atoms with E-state index in [1.54, 1.807) is 12.3 Å². The van der Waals surface area contributed by atoms with Crippen LogP contribution in [0.2, 0.25) is 0 Å². The molecule has 3 rings (SSSR count). The van der Waals surface area contributed by atoms with E-state index in [1.807, 2.05) is 18.7 Å². The van der Waals surface area contributed by atoms with Crippen molar-refractivity contribution in [1.29, 1.82) is 0 Å². The molecule has 2 atom stereocenters. The second-order valence-electron chi connectivity index (χ2n) is 6.15. The van der Waals surface area contributed by atoms with Crippen molar-refractivity contribution in [2.24, 2.45) is 5.41 Å². The Balaban J connectivity index is 1.65. The van der Waals surface area contributed by atoms with Crippen LogP contribution < -0.4 is 0 Å². The fourth-order valence-corrected chi connectivity index (χ4v) is 3.68. The second kappa shape index (κ2) is 5.46. The van der Waals surface area contributed by atoms with Crippen LogP contribution in [0.1, 0.15) is 42.3 Å². The molecule has 1 spiro atoms. The van der Waals surface area contributed by atoms with Gasteiger partial charge in [-0.3, -0.25) is 4.79 Å². The summed E-state index contributed by atoms with van der Waals surface area (Å²) in [5.74, 6) is 0.385. The van der Waals surface area contributed by atoms with Gasteiger partial charge in [0.05, 0.1) is 18.5 Å². The Morgan fingerprint density at radius 3 is 2.76 bits per heavy atom. The first kappa shape index (κ1) is 14.6. The van der Waals surface area contributed by atoms with E-state index in [1.165, 1.54) is 0 Å². The SMILES string of the molecule is CCO[C@H]1C[C@@H](O)C12CCN(C(=O)c1occc1C)CC2. The highest BCUT2D eigenvalue weighted by Gasteiger charge is 2.56. The van der Waals surface area contributed by atoms with Crippen LogP contribution in [-0.2, 0) is 4.74 Å². The zero-order chi connectivity index (χ0) is 15.0. The lowest BCUT2D eigenvalue weighted by Gasteiger charge is -2.56. The summed E-state index contributed by atoms with van der Waals surface area (Å²) >= 11 is 0. The minimum atomic E-state index is -0.295. The Morgan fingerprint density at radius 1 is 1.52 bits per heavy atom. The third-order valence-electron chi connectivity index (χ3n) is 5.15. The van der Waals surface area contributed by atoms with E-state index in [-0.39, 0.29) is 23.5 Å². The Labute approximate surface area is 124 Å². The van der Waals surface area contributed by atoms with Crippen molar-refractivity contribution in [2.45, 2.75) is 45.3 Å². The number of likely N-dealkylation sites (tertiary alicyclic amines) is 1. The first-order valence-corrected chi connectivity index (χ1v) is 7.71. The van der Waals surface area contributed by atoms with Gasteiger partial charge in [-0.25, -0.2) is 0 Å². The molecule has 1 N–H and O–H groups in total. The van der Waals surface area contributed by atoms with E-state index in [2.05, 4.69) is 0 Å². The summed E-state index contributed by atoms with van der Waals surface area (Å²) in [5, 5.41) is 10.2. The van der Waals surface area contributed by atoms with Crippen LogP contribution >= 0.6 is 0 Å². The van der Waals surface area contributed by atoms with E-state index >= 15 is 0 Å². The molecule has 21 heavy (non-hydrogen) atoms. The van der Waals surface area contributed by atoms with Crippen molar-refractivity contribution in [3.63, 3.8) is 0 Å². The molecule has 0 aromatic carbocycles. The number of rotatable bonds is 3. The van der Waals surface area contributed by atoms with Crippen LogP contribution in [0.25, 0.3) is 0 Å². The lowest BCUT2D eigenvalue weighted by Crippen LogP contribution is -2.62. The van der Waals surface area contributed by atoms with Gasteiger partial charge >= 0.3 is 0 Å². The normalized spacial score (nSPS) is 27.7. The molecule has 1 aliphatic heterocycles. The van der Waals surface area contributed by atoms with E-state index in [0.717, 1.165) is 24.8 Å². The minimum absolute atomic E-state index is 0.0471. The molecular formula is C16H23NO4. The molecule has 5 heteroatoms. The highest BCUT2D eigenvalue weighted by atomic mass is 16.5. The van der Waals surface area contributed by atoms with Crippen molar-refractivity contribution in [1.82, 2.24) is 4.90 Å². The van der Waals surface area contributed by atoms with Gasteiger partial charge in [-0.2, -0.15) is 0 Å². The molecular weight excluding hydrogens is 270 g/mol. The number of hydrogen-bond donors (Lipinski definition) is 1. The summed E-state index contributed by atoms with van der Waals surface area (Å²) in [5.41, 5.74) is 0.724. The number of carbonyl (C=O) groups excluding carboxylic acids is 1. The van der Waals surface area contributed by atoms with E-state index < -0.39 is 0 Å². The monoisotopic (exact) mass is 293 g/mol. The standard InChI is InChI=1S/C16H23NO4/c1-3-20-13-10-12(18)16(13)5-7-17(8-6-16)15(19)14-11(2)4-9-21-14/h4,9,12-13,18H,3,5-8,10H2,1-2H3/t12-,13+/m1/s1. The van der Waals surface area contributed by atoms with E-state index in [0.29, 0.717) is 25.5 Å². The van der Waals surface area contributed by atoms with Gasteiger partial charge in [0.15, 0.2) is 5.76 Å². The maximum Gasteiger partial charge on any atom is 0.289 e.